The Kier molecular flexibility index (Phi) is 4.41. The van der Waals surface area contributed by atoms with Gasteiger partial charge in [-0.2, -0.15) is 0 Å². The quantitative estimate of drug-likeness (QED) is 0.228. The van der Waals surface area contributed by atoms with Gasteiger partial charge < -0.3 is 4.57 Å². The third-order valence-electron chi connectivity index (χ3n) is 7.92. The van der Waals surface area contributed by atoms with Crippen LogP contribution in [0.15, 0.2) is 127 Å². The molecule has 2 heteroatoms. The van der Waals surface area contributed by atoms with Crippen molar-refractivity contribution in [2.75, 3.05) is 0 Å². The minimum atomic E-state index is -0.561. The van der Waals surface area contributed by atoms with Gasteiger partial charge in [0.05, 0.1) is 0 Å². The Morgan fingerprint density at radius 1 is 0.486 bits per heavy atom. The van der Waals surface area contributed by atoms with Gasteiger partial charge >= 0.3 is 0 Å². The van der Waals surface area contributed by atoms with E-state index in [-0.39, 0.29) is 0 Å². The number of aryl methyl sites for hydroxylation is 1. The first-order valence-electron chi connectivity index (χ1n) is 12.8. The molecule has 0 saturated carbocycles. The summed E-state index contributed by atoms with van der Waals surface area (Å²) >= 11 is 0. The summed E-state index contributed by atoms with van der Waals surface area (Å²) < 4.78 is 2.35. The molecule has 1 atom stereocenters. The molecule has 8 aromatic rings. The van der Waals surface area contributed by atoms with Gasteiger partial charge in [-0.05, 0) is 56.2 Å². The average molecular weight is 490 g/mol. The van der Waals surface area contributed by atoms with E-state index in [0.29, 0.717) is 0 Å². The van der Waals surface area contributed by atoms with Crippen molar-refractivity contribution in [3.05, 3.63) is 127 Å². The summed E-state index contributed by atoms with van der Waals surface area (Å²) in [6.45, 7) is 0. The fourth-order valence-corrected chi connectivity index (χ4v) is 8.82. The Labute approximate surface area is 216 Å². The lowest BCUT2D eigenvalue weighted by molar-refractivity contribution is 1.01. The van der Waals surface area contributed by atoms with Crippen LogP contribution in [0, 0.1) is 0 Å². The van der Waals surface area contributed by atoms with Gasteiger partial charge in [-0.25, -0.2) is 0 Å². The van der Waals surface area contributed by atoms with Gasteiger partial charge in [-0.3, -0.25) is 0 Å². The van der Waals surface area contributed by atoms with Gasteiger partial charge in [0, 0.05) is 39.1 Å². The van der Waals surface area contributed by atoms with Crippen LogP contribution in [-0.4, -0.2) is 4.57 Å². The highest BCUT2D eigenvalue weighted by Gasteiger charge is 2.16. The molecular weight excluding hydrogens is 465 g/mol. The highest BCUT2D eigenvalue weighted by Crippen LogP contribution is 2.55. The largest absolute Gasteiger partial charge is 0.344 e. The SMILES string of the molecule is Cn1c2cc(-c3ccc4c5ccccc5p(-c5ccccc5)c4c3)ccc2c2c3ccccc3ccc21. The molecule has 0 aliphatic heterocycles. The highest BCUT2D eigenvalue weighted by atomic mass is 31.1. The summed E-state index contributed by atoms with van der Waals surface area (Å²) in [5.41, 5.74) is 5.11. The van der Waals surface area contributed by atoms with Crippen LogP contribution in [0.2, 0.25) is 0 Å². The van der Waals surface area contributed by atoms with Gasteiger partial charge in [0.25, 0.3) is 0 Å². The van der Waals surface area contributed by atoms with E-state index in [4.69, 9.17) is 0 Å². The summed E-state index contributed by atoms with van der Waals surface area (Å²) in [5, 5.41) is 12.4. The van der Waals surface area contributed by atoms with Crippen molar-refractivity contribution in [3.8, 4) is 16.4 Å². The summed E-state index contributed by atoms with van der Waals surface area (Å²) in [6, 6.07) is 47.3. The Bertz CT molecular complexity index is 2140. The molecule has 37 heavy (non-hydrogen) atoms. The standard InChI is InChI=1S/C35H24NP/c1-36-31-20-17-23-9-5-6-12-27(23)35(31)30-19-16-24(21-32(30)36)25-15-18-29-28-13-7-8-14-33(28)37(34(29)22-25)26-10-3-2-4-11-26/h2-22H,1H3. The molecule has 6 aromatic carbocycles. The third kappa shape index (κ3) is 2.99. The first-order chi connectivity index (χ1) is 18.3. The molecule has 2 heterocycles. The number of hydrogen-bond donors (Lipinski definition) is 0. The van der Waals surface area contributed by atoms with Gasteiger partial charge in [0.1, 0.15) is 0 Å². The van der Waals surface area contributed by atoms with Crippen molar-refractivity contribution in [2.45, 2.75) is 0 Å². The molecular formula is C35H24NP. The van der Waals surface area contributed by atoms with E-state index in [2.05, 4.69) is 139 Å². The lowest BCUT2D eigenvalue weighted by atomic mass is 10.0. The number of aromatic nitrogens is 1. The fraction of sp³-hybridized carbons (Fsp3) is 0.0286. The average Bonchev–Trinajstić information content (AvgIpc) is 3.45. The van der Waals surface area contributed by atoms with Crippen LogP contribution in [0.5, 0.6) is 0 Å². The second-order valence-corrected chi connectivity index (χ2v) is 12.0. The lowest BCUT2D eigenvalue weighted by Crippen LogP contribution is -1.87. The number of benzene rings is 6. The van der Waals surface area contributed by atoms with Crippen LogP contribution in [0.1, 0.15) is 0 Å². The van der Waals surface area contributed by atoms with E-state index >= 15 is 0 Å². The topological polar surface area (TPSA) is 4.93 Å². The fourth-order valence-electron chi connectivity index (χ4n) is 6.16. The molecule has 0 N–H and O–H groups in total. The van der Waals surface area contributed by atoms with Crippen LogP contribution >= 0.6 is 7.53 Å². The monoisotopic (exact) mass is 489 g/mol. The maximum absolute atomic E-state index is 2.45. The zero-order valence-electron chi connectivity index (χ0n) is 20.5. The van der Waals surface area contributed by atoms with Gasteiger partial charge in [0.15, 0.2) is 0 Å². The molecule has 174 valence electrons. The molecule has 2 aromatic heterocycles. The van der Waals surface area contributed by atoms with E-state index in [1.165, 1.54) is 70.0 Å². The van der Waals surface area contributed by atoms with Gasteiger partial charge in [0.2, 0.25) is 0 Å². The predicted molar refractivity (Wildman–Crippen MR) is 162 cm³/mol. The zero-order chi connectivity index (χ0) is 24.5. The molecule has 0 bridgehead atoms. The molecule has 0 amide bonds. The van der Waals surface area contributed by atoms with E-state index in [1.54, 1.807) is 0 Å². The summed E-state index contributed by atoms with van der Waals surface area (Å²) in [7, 11) is 1.63. The molecule has 0 spiro atoms. The summed E-state index contributed by atoms with van der Waals surface area (Å²) in [4.78, 5) is 0. The predicted octanol–water partition coefficient (Wildman–Crippen LogP) is 10.4. The van der Waals surface area contributed by atoms with Crippen LogP contribution in [0.25, 0.3) is 70.0 Å². The van der Waals surface area contributed by atoms with Crippen molar-refractivity contribution in [1.29, 1.82) is 0 Å². The minimum Gasteiger partial charge on any atom is -0.344 e. The minimum absolute atomic E-state index is 0.561. The molecule has 0 aliphatic rings. The second-order valence-electron chi connectivity index (χ2n) is 9.89. The number of hydrogen-bond acceptors (Lipinski definition) is 0. The van der Waals surface area contributed by atoms with Crippen LogP contribution in [0.4, 0.5) is 0 Å². The van der Waals surface area contributed by atoms with E-state index in [9.17, 15) is 0 Å². The normalized spacial score (nSPS) is 12.4. The Morgan fingerprint density at radius 3 is 2.03 bits per heavy atom. The molecule has 0 aliphatic carbocycles. The van der Waals surface area contributed by atoms with Gasteiger partial charge in [-0.1, -0.05) is 117 Å². The van der Waals surface area contributed by atoms with Crippen LogP contribution in [0.3, 0.4) is 0 Å². The first kappa shape index (κ1) is 20.8. The zero-order valence-corrected chi connectivity index (χ0v) is 21.4. The van der Waals surface area contributed by atoms with Crippen molar-refractivity contribution in [3.63, 3.8) is 0 Å². The Hall–Kier alpha value is -4.32. The smallest absolute Gasteiger partial charge is 0.0495 e. The number of fused-ring (bicyclic) bond motifs is 8. The Morgan fingerprint density at radius 2 is 1.16 bits per heavy atom. The van der Waals surface area contributed by atoms with Crippen molar-refractivity contribution >= 4 is 61.1 Å². The molecule has 1 unspecified atom stereocenters. The maximum atomic E-state index is 2.45. The van der Waals surface area contributed by atoms with Crippen molar-refractivity contribution < 1.29 is 0 Å². The van der Waals surface area contributed by atoms with E-state index in [0.717, 1.165) is 0 Å². The number of rotatable bonds is 2. The molecule has 0 radical (unpaired) electrons. The van der Waals surface area contributed by atoms with Crippen LogP contribution < -0.4 is 0 Å². The molecule has 0 saturated heterocycles. The first-order valence-corrected chi connectivity index (χ1v) is 14.1. The molecule has 8 rings (SSSR count). The van der Waals surface area contributed by atoms with E-state index in [1.807, 2.05) is 0 Å². The van der Waals surface area contributed by atoms with Gasteiger partial charge in [-0.15, -0.1) is 0 Å². The van der Waals surface area contributed by atoms with Crippen LogP contribution in [-0.2, 0) is 7.05 Å². The molecule has 1 nitrogen and oxygen atoms in total. The van der Waals surface area contributed by atoms with Crippen molar-refractivity contribution in [1.82, 2.24) is 4.57 Å². The lowest BCUT2D eigenvalue weighted by Gasteiger charge is -2.07. The third-order valence-corrected chi connectivity index (χ3v) is 10.5. The van der Waals surface area contributed by atoms with Crippen molar-refractivity contribution in [2.24, 2.45) is 7.05 Å². The Balaban J connectivity index is 1.39. The summed E-state index contributed by atoms with van der Waals surface area (Å²) in [6.07, 6.45) is 0. The highest BCUT2D eigenvalue weighted by molar-refractivity contribution is 7.67. The number of nitrogens with zero attached hydrogens (tertiary/aromatic N) is 1. The summed E-state index contributed by atoms with van der Waals surface area (Å²) in [5.74, 6) is 0. The molecule has 0 fully saturated rings. The maximum Gasteiger partial charge on any atom is 0.0495 e. The van der Waals surface area contributed by atoms with E-state index < -0.39 is 7.53 Å². The second kappa shape index (κ2) is 7.84.